The Labute approximate surface area is 182 Å². The molecule has 0 saturated carbocycles. The maximum absolute atomic E-state index is 13.8. The number of amides is 1. The van der Waals surface area contributed by atoms with Gasteiger partial charge in [0.25, 0.3) is 0 Å². The Kier molecular flexibility index (Phi) is 7.04. The van der Waals surface area contributed by atoms with Crippen LogP contribution in [0.5, 0.6) is 11.5 Å². The highest BCUT2D eigenvalue weighted by Gasteiger charge is 2.42. The summed E-state index contributed by atoms with van der Waals surface area (Å²) in [5, 5.41) is 9.54. The second-order valence-corrected chi connectivity index (χ2v) is 9.13. The number of nitrogens with two attached hydrogens (primary N) is 1. The molecule has 9 nitrogen and oxygen atoms in total. The van der Waals surface area contributed by atoms with Crippen molar-refractivity contribution >= 4 is 16.1 Å². The molecule has 0 spiro atoms. The van der Waals surface area contributed by atoms with Crippen molar-refractivity contribution in [1.29, 1.82) is 0 Å². The third kappa shape index (κ3) is 4.76. The molecule has 1 aliphatic heterocycles. The standard InChI is InChI=1S/C21H27N3O6S/c1-29-18-8-9-19(30-2)20(11-18)31(27,28)24(13-15-6-4-3-5-7-15)17-10-16(12-22)23(14-17)21(25)26/h3-9,11,16-17H,10,12-14,22H2,1-2H3,(H,25,26)/t16-,17-/m1/s1. The van der Waals surface area contributed by atoms with Gasteiger partial charge in [-0.15, -0.1) is 0 Å². The molecule has 2 atom stereocenters. The van der Waals surface area contributed by atoms with Crippen LogP contribution in [0.15, 0.2) is 53.4 Å². The van der Waals surface area contributed by atoms with Crippen LogP contribution < -0.4 is 15.2 Å². The van der Waals surface area contributed by atoms with Gasteiger partial charge < -0.3 is 25.2 Å². The highest BCUT2D eigenvalue weighted by molar-refractivity contribution is 7.89. The number of benzene rings is 2. The molecule has 168 valence electrons. The maximum atomic E-state index is 13.8. The zero-order valence-corrected chi connectivity index (χ0v) is 18.3. The summed E-state index contributed by atoms with van der Waals surface area (Å²) in [5.41, 5.74) is 6.55. The highest BCUT2D eigenvalue weighted by Crippen LogP contribution is 2.34. The van der Waals surface area contributed by atoms with Crippen LogP contribution in [-0.4, -0.2) is 68.2 Å². The molecule has 1 heterocycles. The molecule has 1 amide bonds. The van der Waals surface area contributed by atoms with E-state index in [0.29, 0.717) is 12.2 Å². The van der Waals surface area contributed by atoms with Crippen molar-refractivity contribution in [3.8, 4) is 11.5 Å². The number of likely N-dealkylation sites (tertiary alicyclic amines) is 1. The predicted molar refractivity (Wildman–Crippen MR) is 115 cm³/mol. The summed E-state index contributed by atoms with van der Waals surface area (Å²) >= 11 is 0. The molecule has 1 aliphatic rings. The second kappa shape index (κ2) is 9.54. The van der Waals surface area contributed by atoms with Crippen LogP contribution in [0.25, 0.3) is 0 Å². The van der Waals surface area contributed by atoms with Gasteiger partial charge in [0.05, 0.1) is 14.2 Å². The quantitative estimate of drug-likeness (QED) is 0.632. The molecule has 0 aromatic heterocycles. The Hall–Kier alpha value is -2.82. The van der Waals surface area contributed by atoms with Gasteiger partial charge in [-0.3, -0.25) is 0 Å². The minimum atomic E-state index is -4.07. The lowest BCUT2D eigenvalue weighted by atomic mass is 10.1. The van der Waals surface area contributed by atoms with Gasteiger partial charge in [0, 0.05) is 37.8 Å². The van der Waals surface area contributed by atoms with Gasteiger partial charge in [-0.2, -0.15) is 4.31 Å². The Morgan fingerprint density at radius 3 is 2.45 bits per heavy atom. The lowest BCUT2D eigenvalue weighted by Gasteiger charge is -2.29. The number of hydrogen-bond donors (Lipinski definition) is 2. The lowest BCUT2D eigenvalue weighted by Crippen LogP contribution is -2.42. The third-order valence-corrected chi connectivity index (χ3v) is 7.38. The first-order valence-electron chi connectivity index (χ1n) is 9.79. The molecule has 1 saturated heterocycles. The first-order chi connectivity index (χ1) is 14.8. The summed E-state index contributed by atoms with van der Waals surface area (Å²) in [5.74, 6) is 0.555. The van der Waals surface area contributed by atoms with Crippen molar-refractivity contribution in [2.75, 3.05) is 27.3 Å². The number of sulfonamides is 1. The van der Waals surface area contributed by atoms with Crippen LogP contribution in [-0.2, 0) is 16.6 Å². The monoisotopic (exact) mass is 449 g/mol. The highest BCUT2D eigenvalue weighted by atomic mass is 32.2. The predicted octanol–water partition coefficient (Wildman–Crippen LogP) is 1.97. The van der Waals surface area contributed by atoms with Crippen molar-refractivity contribution in [2.45, 2.75) is 29.9 Å². The van der Waals surface area contributed by atoms with Crippen LogP contribution in [0.4, 0.5) is 4.79 Å². The van der Waals surface area contributed by atoms with Gasteiger partial charge in [-0.25, -0.2) is 13.2 Å². The third-order valence-electron chi connectivity index (χ3n) is 5.46. The maximum Gasteiger partial charge on any atom is 0.407 e. The smallest absolute Gasteiger partial charge is 0.407 e. The van der Waals surface area contributed by atoms with Crippen LogP contribution in [0.2, 0.25) is 0 Å². The number of carboxylic acid groups (broad SMARTS) is 1. The zero-order chi connectivity index (χ0) is 22.6. The first kappa shape index (κ1) is 22.9. The van der Waals surface area contributed by atoms with Crippen LogP contribution in [0, 0.1) is 0 Å². The fourth-order valence-corrected chi connectivity index (χ4v) is 5.63. The average molecular weight is 450 g/mol. The number of rotatable bonds is 8. The lowest BCUT2D eigenvalue weighted by molar-refractivity contribution is 0.139. The molecule has 31 heavy (non-hydrogen) atoms. The van der Waals surface area contributed by atoms with E-state index >= 15 is 0 Å². The van der Waals surface area contributed by atoms with Crippen molar-refractivity contribution in [1.82, 2.24) is 9.21 Å². The second-order valence-electron chi connectivity index (χ2n) is 7.27. The van der Waals surface area contributed by atoms with Gasteiger partial charge in [-0.1, -0.05) is 30.3 Å². The Morgan fingerprint density at radius 1 is 1.19 bits per heavy atom. The molecule has 0 radical (unpaired) electrons. The largest absolute Gasteiger partial charge is 0.497 e. The van der Waals surface area contributed by atoms with E-state index in [0.717, 1.165) is 5.56 Å². The number of methoxy groups -OCH3 is 2. The molecule has 10 heteroatoms. The molecule has 2 aromatic rings. The fraction of sp³-hybridized carbons (Fsp3) is 0.381. The van der Waals surface area contributed by atoms with E-state index in [1.54, 1.807) is 6.07 Å². The van der Waals surface area contributed by atoms with E-state index in [-0.39, 0.29) is 30.3 Å². The van der Waals surface area contributed by atoms with Gasteiger partial charge in [-0.05, 0) is 24.1 Å². The molecule has 0 unspecified atom stereocenters. The topological polar surface area (TPSA) is 122 Å². The summed E-state index contributed by atoms with van der Waals surface area (Å²) in [6.45, 7) is 0.235. The van der Waals surface area contributed by atoms with Crippen LogP contribution >= 0.6 is 0 Å². The number of carbonyl (C=O) groups is 1. The summed E-state index contributed by atoms with van der Waals surface area (Å²) in [6, 6.07) is 12.7. The van der Waals surface area contributed by atoms with E-state index in [2.05, 4.69) is 0 Å². The molecular weight excluding hydrogens is 422 g/mol. The van der Waals surface area contributed by atoms with Crippen LogP contribution in [0.3, 0.4) is 0 Å². The van der Waals surface area contributed by atoms with E-state index in [9.17, 15) is 18.3 Å². The van der Waals surface area contributed by atoms with Crippen molar-refractivity contribution in [2.24, 2.45) is 5.73 Å². The van der Waals surface area contributed by atoms with Gasteiger partial charge in [0.15, 0.2) is 0 Å². The normalized spacial score (nSPS) is 18.9. The Balaban J connectivity index is 2.07. The van der Waals surface area contributed by atoms with E-state index in [4.69, 9.17) is 15.2 Å². The van der Waals surface area contributed by atoms with E-state index in [1.165, 1.54) is 35.6 Å². The first-order valence-corrected chi connectivity index (χ1v) is 11.2. The summed E-state index contributed by atoms with van der Waals surface area (Å²) in [7, 11) is -1.22. The number of nitrogens with zero attached hydrogens (tertiary/aromatic N) is 2. The molecule has 0 bridgehead atoms. The Morgan fingerprint density at radius 2 is 1.90 bits per heavy atom. The van der Waals surface area contributed by atoms with Gasteiger partial charge >= 0.3 is 6.09 Å². The summed E-state index contributed by atoms with van der Waals surface area (Å²) in [6.07, 6.45) is -0.810. The van der Waals surface area contributed by atoms with Gasteiger partial charge in [0.1, 0.15) is 16.4 Å². The zero-order valence-electron chi connectivity index (χ0n) is 17.5. The molecule has 0 aliphatic carbocycles. The molecule has 3 rings (SSSR count). The molecular formula is C21H27N3O6S. The molecule has 1 fully saturated rings. The average Bonchev–Trinajstić information content (AvgIpc) is 3.22. The SMILES string of the molecule is COc1ccc(OC)c(S(=O)(=O)N(Cc2ccccc2)[C@@H]2C[C@H](CN)N(C(=O)O)C2)c1. The van der Waals surface area contributed by atoms with Crippen molar-refractivity contribution in [3.05, 3.63) is 54.1 Å². The van der Waals surface area contributed by atoms with Crippen molar-refractivity contribution < 1.29 is 27.8 Å². The van der Waals surface area contributed by atoms with Crippen LogP contribution in [0.1, 0.15) is 12.0 Å². The van der Waals surface area contributed by atoms with E-state index in [1.807, 2.05) is 30.3 Å². The summed E-state index contributed by atoms with van der Waals surface area (Å²) < 4.78 is 39.5. The number of hydrogen-bond acceptors (Lipinski definition) is 6. The van der Waals surface area contributed by atoms with Gasteiger partial charge in [0.2, 0.25) is 10.0 Å². The Bertz CT molecular complexity index is 1020. The van der Waals surface area contributed by atoms with Crippen molar-refractivity contribution in [3.63, 3.8) is 0 Å². The molecule has 2 aromatic carbocycles. The summed E-state index contributed by atoms with van der Waals surface area (Å²) in [4.78, 5) is 12.8. The minimum Gasteiger partial charge on any atom is -0.497 e. The molecule has 3 N–H and O–H groups in total. The fourth-order valence-electron chi connectivity index (χ4n) is 3.84. The van der Waals surface area contributed by atoms with E-state index < -0.39 is 28.2 Å². The minimum absolute atomic E-state index is 0.0372. The number of ether oxygens (including phenoxy) is 2.